The van der Waals surface area contributed by atoms with Crippen LogP contribution >= 0.6 is 0 Å². The van der Waals surface area contributed by atoms with Crippen molar-refractivity contribution < 1.29 is 24.2 Å². The molecule has 4 rings (SSSR count). The third-order valence-corrected chi connectivity index (χ3v) is 6.55. The van der Waals surface area contributed by atoms with Gasteiger partial charge in [-0.25, -0.2) is 0 Å². The Kier molecular flexibility index (Phi) is 6.93. The van der Waals surface area contributed by atoms with E-state index < -0.39 is 17.1 Å². The first kappa shape index (κ1) is 23.2. The summed E-state index contributed by atoms with van der Waals surface area (Å²) in [7, 11) is 1.43. The number of likely N-dealkylation sites (tertiary alicyclic amines) is 1. The van der Waals surface area contributed by atoms with E-state index in [1.54, 1.807) is 19.1 Å². The largest absolute Gasteiger partial charge is 0.504 e. The third-order valence-electron chi connectivity index (χ3n) is 6.55. The zero-order chi connectivity index (χ0) is 23.5. The van der Waals surface area contributed by atoms with Gasteiger partial charge in [0, 0.05) is 38.2 Å². The summed E-state index contributed by atoms with van der Waals surface area (Å²) >= 11 is 0. The number of aryl methyl sites for hydroxylation is 1. The second-order valence-corrected chi connectivity index (χ2v) is 9.21. The molecule has 1 aliphatic heterocycles. The highest BCUT2D eigenvalue weighted by atomic mass is 16.5. The summed E-state index contributed by atoms with van der Waals surface area (Å²) in [4.78, 5) is 27.7. The average molecular weight is 457 g/mol. The monoisotopic (exact) mass is 456 g/mol. The van der Waals surface area contributed by atoms with Crippen molar-refractivity contribution in [3.63, 3.8) is 0 Å². The number of piperidine rings is 1. The van der Waals surface area contributed by atoms with E-state index in [9.17, 15) is 19.8 Å². The molecule has 8 heteroatoms. The zero-order valence-electron chi connectivity index (χ0n) is 19.2. The summed E-state index contributed by atoms with van der Waals surface area (Å²) < 4.78 is 10.9. The number of carbonyl (C=O) groups is 1. The number of phenolic OH excluding ortho intramolecular Hbond substituents is 1. The van der Waals surface area contributed by atoms with Crippen LogP contribution in [0.4, 0.5) is 0 Å². The lowest BCUT2D eigenvalue weighted by Crippen LogP contribution is -2.45. The molecule has 1 amide bonds. The molecule has 1 aromatic carbocycles. The number of benzene rings is 1. The predicted octanol–water partition coefficient (Wildman–Crippen LogP) is 2.88. The Balaban J connectivity index is 1.51. The number of hydrogen-bond acceptors (Lipinski definition) is 7. The van der Waals surface area contributed by atoms with Gasteiger partial charge in [-0.05, 0) is 56.2 Å². The van der Waals surface area contributed by atoms with Gasteiger partial charge in [0.2, 0.25) is 17.1 Å². The molecule has 1 aromatic heterocycles. The number of hydrogen-bond donors (Lipinski definition) is 3. The fourth-order valence-electron chi connectivity index (χ4n) is 4.53. The van der Waals surface area contributed by atoms with E-state index in [2.05, 4.69) is 10.2 Å². The molecule has 1 aliphatic carbocycles. The van der Waals surface area contributed by atoms with E-state index in [0.717, 1.165) is 38.4 Å². The molecule has 1 saturated carbocycles. The molecule has 2 heterocycles. The molecule has 1 saturated heterocycles. The number of aromatic hydroxyl groups is 2. The van der Waals surface area contributed by atoms with Crippen LogP contribution < -0.4 is 15.5 Å². The lowest BCUT2D eigenvalue weighted by atomic mass is 9.91. The summed E-state index contributed by atoms with van der Waals surface area (Å²) in [5, 5.41) is 23.5. The van der Waals surface area contributed by atoms with Crippen LogP contribution in [0, 0.1) is 12.8 Å². The Morgan fingerprint density at radius 1 is 1.21 bits per heavy atom. The Labute approximate surface area is 193 Å². The minimum atomic E-state index is -0.720. The van der Waals surface area contributed by atoms with E-state index >= 15 is 0 Å². The number of carbonyl (C=O) groups excluding carboxylic acids is 1. The molecular formula is C25H32N2O6. The highest BCUT2D eigenvalue weighted by Crippen LogP contribution is 2.37. The van der Waals surface area contributed by atoms with Gasteiger partial charge >= 0.3 is 0 Å². The van der Waals surface area contributed by atoms with Crippen molar-refractivity contribution in [1.82, 2.24) is 10.2 Å². The molecule has 3 N–H and O–H groups in total. The lowest BCUT2D eigenvalue weighted by molar-refractivity contribution is -0.122. The van der Waals surface area contributed by atoms with Crippen LogP contribution in [0.5, 0.6) is 17.2 Å². The Morgan fingerprint density at radius 3 is 2.61 bits per heavy atom. The Hall–Kier alpha value is -3.00. The number of nitrogens with zero attached hydrogens (tertiary/aromatic N) is 1. The first-order chi connectivity index (χ1) is 15.8. The highest BCUT2D eigenvalue weighted by molar-refractivity contribution is 5.78. The average Bonchev–Trinajstić information content (AvgIpc) is 3.60. The van der Waals surface area contributed by atoms with Crippen molar-refractivity contribution in [2.24, 2.45) is 5.92 Å². The van der Waals surface area contributed by atoms with E-state index in [1.165, 1.54) is 32.1 Å². The van der Waals surface area contributed by atoms with Crippen LogP contribution in [0.25, 0.3) is 0 Å². The summed E-state index contributed by atoms with van der Waals surface area (Å²) in [5.41, 5.74) is 0.0241. The maximum atomic E-state index is 13.0. The molecule has 2 aromatic rings. The van der Waals surface area contributed by atoms with Crippen LogP contribution in [-0.2, 0) is 4.79 Å². The number of phenols is 1. The van der Waals surface area contributed by atoms with Gasteiger partial charge in [-0.2, -0.15) is 0 Å². The van der Waals surface area contributed by atoms with E-state index in [-0.39, 0.29) is 35.6 Å². The highest BCUT2D eigenvalue weighted by Gasteiger charge is 2.30. The van der Waals surface area contributed by atoms with Crippen LogP contribution in [0.3, 0.4) is 0 Å². The predicted molar refractivity (Wildman–Crippen MR) is 123 cm³/mol. The maximum absolute atomic E-state index is 13.0. The Morgan fingerprint density at radius 2 is 1.94 bits per heavy atom. The number of methoxy groups -OCH3 is 1. The molecule has 1 atom stereocenters. The number of ether oxygens (including phenoxy) is 1. The standard InChI is InChI=1S/C25H32N2O6/c1-15-11-21(29)24(31)25(33-15)19(17-5-6-20(28)22(12-17)32-2)13-23(30)26-18-7-9-27(10-8-18)14-16-3-4-16/h5-6,11-12,16,18-19,28,31H,3-4,7-10,13-14H2,1-2H3,(H,26,30). The van der Waals surface area contributed by atoms with Gasteiger partial charge in [0.15, 0.2) is 17.3 Å². The van der Waals surface area contributed by atoms with Crippen molar-refractivity contribution in [3.05, 3.63) is 51.6 Å². The minimum Gasteiger partial charge on any atom is -0.504 e. The second kappa shape index (κ2) is 9.87. The molecule has 8 nitrogen and oxygen atoms in total. The minimum absolute atomic E-state index is 0.0177. The third kappa shape index (κ3) is 5.68. The van der Waals surface area contributed by atoms with Gasteiger partial charge in [-0.3, -0.25) is 9.59 Å². The first-order valence-corrected chi connectivity index (χ1v) is 11.6. The summed E-state index contributed by atoms with van der Waals surface area (Å²) in [6.45, 7) is 4.74. The maximum Gasteiger partial charge on any atom is 0.227 e. The van der Waals surface area contributed by atoms with Crippen molar-refractivity contribution in [1.29, 1.82) is 0 Å². The van der Waals surface area contributed by atoms with Crippen molar-refractivity contribution in [2.75, 3.05) is 26.7 Å². The second-order valence-electron chi connectivity index (χ2n) is 9.21. The molecule has 1 unspecified atom stereocenters. The quantitative estimate of drug-likeness (QED) is 0.560. The molecule has 2 aliphatic rings. The molecule has 0 bridgehead atoms. The van der Waals surface area contributed by atoms with Crippen LogP contribution in [0.15, 0.2) is 33.5 Å². The summed E-state index contributed by atoms with van der Waals surface area (Å²) in [6, 6.07) is 5.99. The first-order valence-electron chi connectivity index (χ1n) is 11.6. The summed E-state index contributed by atoms with van der Waals surface area (Å²) in [5.74, 6) is -0.00475. The molecule has 33 heavy (non-hydrogen) atoms. The van der Waals surface area contributed by atoms with E-state index in [1.807, 2.05) is 0 Å². The lowest BCUT2D eigenvalue weighted by Gasteiger charge is -2.32. The van der Waals surface area contributed by atoms with Crippen molar-refractivity contribution >= 4 is 5.91 Å². The normalized spacial score (nSPS) is 18.1. The van der Waals surface area contributed by atoms with Gasteiger partial charge in [0.1, 0.15) is 5.76 Å². The van der Waals surface area contributed by atoms with Gasteiger partial charge in [-0.15, -0.1) is 0 Å². The van der Waals surface area contributed by atoms with Crippen LogP contribution in [0.2, 0.25) is 0 Å². The number of amides is 1. The summed E-state index contributed by atoms with van der Waals surface area (Å²) in [6.07, 6.45) is 4.46. The van der Waals surface area contributed by atoms with Crippen LogP contribution in [-0.4, -0.2) is 53.8 Å². The zero-order valence-corrected chi connectivity index (χ0v) is 19.2. The molecular weight excluding hydrogens is 424 g/mol. The SMILES string of the molecule is COc1cc(C(CC(=O)NC2CCN(CC3CC3)CC2)c2oc(C)cc(=O)c2O)ccc1O. The van der Waals surface area contributed by atoms with Gasteiger partial charge < -0.3 is 29.6 Å². The van der Waals surface area contributed by atoms with Gasteiger partial charge in [0.25, 0.3) is 0 Å². The number of rotatable bonds is 8. The number of nitrogens with one attached hydrogen (secondary N) is 1. The van der Waals surface area contributed by atoms with E-state index in [4.69, 9.17) is 9.15 Å². The van der Waals surface area contributed by atoms with Crippen LogP contribution in [0.1, 0.15) is 55.1 Å². The van der Waals surface area contributed by atoms with Crippen molar-refractivity contribution in [2.45, 2.75) is 51.0 Å². The molecule has 2 fully saturated rings. The molecule has 178 valence electrons. The van der Waals surface area contributed by atoms with Gasteiger partial charge in [-0.1, -0.05) is 6.07 Å². The molecule has 0 radical (unpaired) electrons. The molecule has 0 spiro atoms. The van der Waals surface area contributed by atoms with Crippen molar-refractivity contribution in [3.8, 4) is 17.2 Å². The fourth-order valence-corrected chi connectivity index (χ4v) is 4.53. The van der Waals surface area contributed by atoms with E-state index in [0.29, 0.717) is 11.3 Å². The topological polar surface area (TPSA) is 112 Å². The fraction of sp³-hybridized carbons (Fsp3) is 0.520. The smallest absolute Gasteiger partial charge is 0.227 e. The van der Waals surface area contributed by atoms with Gasteiger partial charge in [0.05, 0.1) is 13.0 Å². The Bertz CT molecular complexity index is 1050.